The van der Waals surface area contributed by atoms with Crippen LogP contribution in [-0.2, 0) is 6.54 Å². The van der Waals surface area contributed by atoms with Crippen LogP contribution < -0.4 is 5.32 Å². The van der Waals surface area contributed by atoms with Gasteiger partial charge < -0.3 is 5.32 Å². The van der Waals surface area contributed by atoms with Crippen LogP contribution in [0.5, 0.6) is 0 Å². The molecule has 1 atom stereocenters. The maximum Gasteiger partial charge on any atom is 0.0216 e. The Morgan fingerprint density at radius 3 is 3.07 bits per heavy atom. The summed E-state index contributed by atoms with van der Waals surface area (Å²) in [5.74, 6) is 2.51. The maximum absolute atomic E-state index is 3.54. The van der Waals surface area contributed by atoms with E-state index in [2.05, 4.69) is 36.0 Å². The third-order valence-electron chi connectivity index (χ3n) is 2.13. The Kier molecular flexibility index (Phi) is 6.32. The monoisotopic (exact) mass is 229 g/mol. The Hall–Kier alpha value is 0.01000. The first-order valence-corrected chi connectivity index (χ1v) is 7.25. The summed E-state index contributed by atoms with van der Waals surface area (Å²) < 4.78 is 0. The molecule has 0 aromatic carbocycles. The van der Waals surface area contributed by atoms with E-state index in [9.17, 15) is 0 Å². The van der Waals surface area contributed by atoms with Crippen molar-refractivity contribution in [2.24, 2.45) is 0 Å². The molecule has 1 aromatic heterocycles. The molecular weight excluding hydrogens is 210 g/mol. The van der Waals surface area contributed by atoms with Crippen LogP contribution in [0.15, 0.2) is 16.8 Å². The number of rotatable bonds is 7. The Labute approximate surface area is 95.3 Å². The van der Waals surface area contributed by atoms with Gasteiger partial charge in [-0.1, -0.05) is 6.92 Å². The van der Waals surface area contributed by atoms with Gasteiger partial charge in [-0.3, -0.25) is 0 Å². The Morgan fingerprint density at radius 2 is 2.43 bits per heavy atom. The lowest BCUT2D eigenvalue weighted by molar-refractivity contribution is 0.538. The standard InChI is InChI=1S/C11H19NS2/c1-3-13-6-4-10(2)12-8-11-5-7-14-9-11/h5,7,9-10,12H,3-4,6,8H2,1-2H3. The van der Waals surface area contributed by atoms with Crippen molar-refractivity contribution >= 4 is 23.1 Å². The molecule has 0 aliphatic carbocycles. The fourth-order valence-electron chi connectivity index (χ4n) is 1.19. The minimum Gasteiger partial charge on any atom is -0.310 e. The van der Waals surface area contributed by atoms with E-state index in [0.717, 1.165) is 6.54 Å². The SMILES string of the molecule is CCSCCC(C)NCc1ccsc1. The summed E-state index contributed by atoms with van der Waals surface area (Å²) in [4.78, 5) is 0. The lowest BCUT2D eigenvalue weighted by Gasteiger charge is -2.12. The van der Waals surface area contributed by atoms with Crippen molar-refractivity contribution in [3.8, 4) is 0 Å². The molecule has 1 N–H and O–H groups in total. The summed E-state index contributed by atoms with van der Waals surface area (Å²) >= 11 is 3.79. The van der Waals surface area contributed by atoms with E-state index in [0.29, 0.717) is 6.04 Å². The third kappa shape index (κ3) is 5.03. The second-order valence-corrected chi connectivity index (χ2v) is 5.57. The second-order valence-electron chi connectivity index (χ2n) is 3.40. The van der Waals surface area contributed by atoms with E-state index in [1.54, 1.807) is 11.3 Å². The lowest BCUT2D eigenvalue weighted by atomic mass is 10.2. The van der Waals surface area contributed by atoms with E-state index in [1.165, 1.54) is 23.5 Å². The first-order chi connectivity index (χ1) is 6.83. The highest BCUT2D eigenvalue weighted by Gasteiger charge is 2.00. The van der Waals surface area contributed by atoms with Gasteiger partial charge in [0, 0.05) is 12.6 Å². The Bertz CT molecular complexity index is 221. The fourth-order valence-corrected chi connectivity index (χ4v) is 2.67. The molecule has 0 fully saturated rings. The first kappa shape index (κ1) is 12.1. The van der Waals surface area contributed by atoms with E-state index in [-0.39, 0.29) is 0 Å². The quantitative estimate of drug-likeness (QED) is 0.720. The first-order valence-electron chi connectivity index (χ1n) is 5.15. The van der Waals surface area contributed by atoms with Crippen LogP contribution in [0.3, 0.4) is 0 Å². The van der Waals surface area contributed by atoms with E-state index >= 15 is 0 Å². The van der Waals surface area contributed by atoms with Crippen molar-refractivity contribution in [3.63, 3.8) is 0 Å². The number of hydrogen-bond acceptors (Lipinski definition) is 3. The van der Waals surface area contributed by atoms with Crippen LogP contribution in [0.25, 0.3) is 0 Å². The molecule has 0 bridgehead atoms. The molecule has 1 nitrogen and oxygen atoms in total. The molecule has 14 heavy (non-hydrogen) atoms. The number of hydrogen-bond donors (Lipinski definition) is 1. The van der Waals surface area contributed by atoms with Crippen LogP contribution in [0.4, 0.5) is 0 Å². The van der Waals surface area contributed by atoms with Crippen molar-refractivity contribution in [1.82, 2.24) is 5.32 Å². The van der Waals surface area contributed by atoms with Crippen molar-refractivity contribution in [2.45, 2.75) is 32.9 Å². The minimum absolute atomic E-state index is 0.633. The number of thiophene rings is 1. The van der Waals surface area contributed by atoms with Crippen LogP contribution in [0.2, 0.25) is 0 Å². The van der Waals surface area contributed by atoms with Crippen LogP contribution in [0, 0.1) is 0 Å². The largest absolute Gasteiger partial charge is 0.310 e. The molecule has 3 heteroatoms. The number of nitrogens with one attached hydrogen (secondary N) is 1. The molecule has 0 radical (unpaired) electrons. The van der Waals surface area contributed by atoms with Gasteiger partial charge in [-0.05, 0) is 47.2 Å². The lowest BCUT2D eigenvalue weighted by Crippen LogP contribution is -2.25. The van der Waals surface area contributed by atoms with Gasteiger partial charge in [-0.15, -0.1) is 0 Å². The Morgan fingerprint density at radius 1 is 1.57 bits per heavy atom. The predicted octanol–water partition coefficient (Wildman–Crippen LogP) is 3.37. The molecule has 80 valence electrons. The summed E-state index contributed by atoms with van der Waals surface area (Å²) in [6.07, 6.45) is 1.27. The normalized spacial score (nSPS) is 13.0. The van der Waals surface area contributed by atoms with Crippen LogP contribution in [-0.4, -0.2) is 17.5 Å². The van der Waals surface area contributed by atoms with Gasteiger partial charge >= 0.3 is 0 Å². The maximum atomic E-state index is 3.54. The van der Waals surface area contributed by atoms with Crippen molar-refractivity contribution in [1.29, 1.82) is 0 Å². The van der Waals surface area contributed by atoms with Crippen molar-refractivity contribution in [3.05, 3.63) is 22.4 Å². The molecule has 1 aromatic rings. The predicted molar refractivity (Wildman–Crippen MR) is 68.2 cm³/mol. The average Bonchev–Trinajstić information content (AvgIpc) is 2.68. The van der Waals surface area contributed by atoms with Gasteiger partial charge in [0.1, 0.15) is 0 Å². The van der Waals surface area contributed by atoms with Crippen LogP contribution >= 0.6 is 23.1 Å². The third-order valence-corrected chi connectivity index (χ3v) is 3.80. The topological polar surface area (TPSA) is 12.0 Å². The smallest absolute Gasteiger partial charge is 0.0216 e. The van der Waals surface area contributed by atoms with E-state index < -0.39 is 0 Å². The molecular formula is C11H19NS2. The highest BCUT2D eigenvalue weighted by Crippen LogP contribution is 2.07. The molecule has 0 saturated carbocycles. The van der Waals surface area contributed by atoms with E-state index in [4.69, 9.17) is 0 Å². The molecule has 0 aliphatic rings. The molecule has 0 aliphatic heterocycles. The van der Waals surface area contributed by atoms with Crippen molar-refractivity contribution < 1.29 is 0 Å². The molecule has 1 unspecified atom stereocenters. The van der Waals surface area contributed by atoms with Gasteiger partial charge in [0.05, 0.1) is 0 Å². The summed E-state index contributed by atoms with van der Waals surface area (Å²) in [6, 6.07) is 2.82. The number of thioether (sulfide) groups is 1. The zero-order chi connectivity index (χ0) is 10.2. The second kappa shape index (κ2) is 7.32. The summed E-state index contributed by atoms with van der Waals surface area (Å²) in [7, 11) is 0. The van der Waals surface area contributed by atoms with Crippen molar-refractivity contribution in [2.75, 3.05) is 11.5 Å². The highest BCUT2D eigenvalue weighted by molar-refractivity contribution is 7.99. The zero-order valence-corrected chi connectivity index (χ0v) is 10.6. The van der Waals surface area contributed by atoms with Gasteiger partial charge in [-0.2, -0.15) is 23.1 Å². The van der Waals surface area contributed by atoms with Gasteiger partial charge in [0.15, 0.2) is 0 Å². The summed E-state index contributed by atoms with van der Waals surface area (Å²) in [5.41, 5.74) is 1.41. The van der Waals surface area contributed by atoms with Gasteiger partial charge in [0.2, 0.25) is 0 Å². The molecule has 1 heterocycles. The minimum atomic E-state index is 0.633. The molecule has 0 amide bonds. The molecule has 0 spiro atoms. The average molecular weight is 229 g/mol. The molecule has 1 rings (SSSR count). The van der Waals surface area contributed by atoms with Gasteiger partial charge in [0.25, 0.3) is 0 Å². The Balaban J connectivity index is 2.06. The molecule has 0 saturated heterocycles. The fraction of sp³-hybridized carbons (Fsp3) is 0.636. The van der Waals surface area contributed by atoms with Crippen LogP contribution in [0.1, 0.15) is 25.8 Å². The zero-order valence-electron chi connectivity index (χ0n) is 8.95. The van der Waals surface area contributed by atoms with E-state index in [1.807, 2.05) is 11.8 Å². The summed E-state index contributed by atoms with van der Waals surface area (Å²) in [6.45, 7) is 5.50. The van der Waals surface area contributed by atoms with Gasteiger partial charge in [-0.25, -0.2) is 0 Å². The summed E-state index contributed by atoms with van der Waals surface area (Å²) in [5, 5.41) is 7.88. The highest BCUT2D eigenvalue weighted by atomic mass is 32.2.